The number of aryl methyl sites for hydroxylation is 1. The number of hydrogen-bond acceptors (Lipinski definition) is 6. The second-order valence-electron chi connectivity index (χ2n) is 7.40. The van der Waals surface area contributed by atoms with Gasteiger partial charge in [-0.05, 0) is 50.1 Å². The Morgan fingerprint density at radius 3 is 2.32 bits per heavy atom. The predicted molar refractivity (Wildman–Crippen MR) is 126 cm³/mol. The summed E-state index contributed by atoms with van der Waals surface area (Å²) in [7, 11) is 0. The molecule has 0 atom stereocenters. The number of anilines is 1. The Bertz CT molecular complexity index is 1370. The Labute approximate surface area is 184 Å². The average Bonchev–Trinajstić information content (AvgIpc) is 3.06. The van der Waals surface area contributed by atoms with Gasteiger partial charge in [0.25, 0.3) is 11.1 Å². The summed E-state index contributed by atoms with van der Waals surface area (Å²) in [6.07, 6.45) is 2.16. The summed E-state index contributed by atoms with van der Waals surface area (Å²) in [5.74, 6) is 0. The molecule has 0 spiro atoms. The van der Waals surface area contributed by atoms with Crippen LogP contribution in [0.5, 0.6) is 0 Å². The number of hydrogen-bond donors (Lipinski definition) is 0. The molecular weight excluding hydrogens is 408 g/mol. The van der Waals surface area contributed by atoms with Crippen LogP contribution in [0.1, 0.15) is 36.2 Å². The Morgan fingerprint density at radius 1 is 1.00 bits per heavy atom. The van der Waals surface area contributed by atoms with E-state index < -0.39 is 5.56 Å². The molecule has 2 heterocycles. The van der Waals surface area contributed by atoms with Crippen molar-refractivity contribution in [3.63, 3.8) is 0 Å². The number of benzene rings is 2. The van der Waals surface area contributed by atoms with E-state index in [4.69, 9.17) is 0 Å². The highest BCUT2D eigenvalue weighted by Crippen LogP contribution is 2.15. The fourth-order valence-electron chi connectivity index (χ4n) is 3.47. The van der Waals surface area contributed by atoms with Gasteiger partial charge in [-0.1, -0.05) is 53.3 Å². The average molecular weight is 433 g/mol. The first-order chi connectivity index (χ1) is 15.0. The van der Waals surface area contributed by atoms with E-state index in [2.05, 4.69) is 41.0 Å². The van der Waals surface area contributed by atoms with E-state index in [1.807, 2.05) is 49.4 Å². The highest BCUT2D eigenvalue weighted by Gasteiger charge is 2.12. The van der Waals surface area contributed by atoms with Gasteiger partial charge in [0.1, 0.15) is 5.69 Å². The molecule has 4 rings (SSSR count). The molecule has 0 bridgehead atoms. The maximum absolute atomic E-state index is 12.9. The Morgan fingerprint density at radius 2 is 1.68 bits per heavy atom. The molecule has 0 saturated heterocycles. The lowest BCUT2D eigenvalue weighted by molar-refractivity contribution is 0.811. The van der Waals surface area contributed by atoms with Gasteiger partial charge < -0.3 is 4.90 Å². The van der Waals surface area contributed by atoms with E-state index in [1.165, 1.54) is 15.9 Å². The highest BCUT2D eigenvalue weighted by atomic mass is 32.1. The van der Waals surface area contributed by atoms with Gasteiger partial charge in [0.15, 0.2) is 0 Å². The summed E-state index contributed by atoms with van der Waals surface area (Å²) in [5, 5.41) is 4.33. The maximum Gasteiger partial charge on any atom is 0.296 e. The smallest absolute Gasteiger partial charge is 0.296 e. The van der Waals surface area contributed by atoms with Gasteiger partial charge >= 0.3 is 0 Å². The molecule has 0 N–H and O–H groups in total. The maximum atomic E-state index is 12.9. The monoisotopic (exact) mass is 432 g/mol. The van der Waals surface area contributed by atoms with Crippen LogP contribution in [0.25, 0.3) is 11.0 Å². The van der Waals surface area contributed by atoms with Crippen molar-refractivity contribution in [2.45, 2.75) is 27.2 Å². The fourth-order valence-corrected chi connectivity index (χ4v) is 4.38. The molecule has 0 unspecified atom stereocenters. The number of rotatable bonds is 6. The van der Waals surface area contributed by atoms with Crippen LogP contribution in [-0.4, -0.2) is 27.7 Å². The second kappa shape index (κ2) is 8.81. The Kier molecular flexibility index (Phi) is 5.95. The third-order valence-electron chi connectivity index (χ3n) is 5.26. The third-order valence-corrected chi connectivity index (χ3v) is 6.22. The van der Waals surface area contributed by atoms with Gasteiger partial charge in [0.2, 0.25) is 4.96 Å². The van der Waals surface area contributed by atoms with Crippen LogP contribution in [0.3, 0.4) is 0 Å². The van der Waals surface area contributed by atoms with Crippen LogP contribution in [0.2, 0.25) is 0 Å². The molecule has 2 aromatic heterocycles. The number of aromatic nitrogens is 3. The van der Waals surface area contributed by atoms with Gasteiger partial charge in [0, 0.05) is 25.2 Å². The lowest BCUT2D eigenvalue weighted by Gasteiger charge is -2.20. The fraction of sp³-hybridized carbons (Fsp3) is 0.250. The normalized spacial score (nSPS) is 11.9. The topological polar surface area (TPSA) is 67.6 Å². The third kappa shape index (κ3) is 4.41. The van der Waals surface area contributed by atoms with Crippen molar-refractivity contribution in [2.24, 2.45) is 0 Å². The standard InChI is InChI=1S/C24H24N4O2S/c1-4-27(5-2)19-12-10-18(11-13-19)15-21-23(30)28-24(31-21)25-22(29)20(26-28)14-17-8-6-16(3)7-9-17/h6-13,15H,4-5,14H2,1-3H3/b21-15+. The molecule has 0 amide bonds. The first-order valence-corrected chi connectivity index (χ1v) is 11.1. The summed E-state index contributed by atoms with van der Waals surface area (Å²) in [4.78, 5) is 32.0. The van der Waals surface area contributed by atoms with Crippen molar-refractivity contribution >= 4 is 28.1 Å². The van der Waals surface area contributed by atoms with Crippen LogP contribution in [0, 0.1) is 6.92 Å². The van der Waals surface area contributed by atoms with Crippen molar-refractivity contribution in [3.05, 3.63) is 96.2 Å². The molecule has 0 aliphatic heterocycles. The van der Waals surface area contributed by atoms with E-state index in [-0.39, 0.29) is 11.3 Å². The zero-order valence-corrected chi connectivity index (χ0v) is 18.6. The molecular formula is C24H24N4O2S. The van der Waals surface area contributed by atoms with E-state index in [9.17, 15) is 9.59 Å². The molecule has 0 saturated carbocycles. The molecule has 0 radical (unpaired) electrons. The van der Waals surface area contributed by atoms with Gasteiger partial charge in [-0.15, -0.1) is 0 Å². The van der Waals surface area contributed by atoms with E-state index in [0.717, 1.165) is 35.5 Å². The minimum Gasteiger partial charge on any atom is -0.372 e. The van der Waals surface area contributed by atoms with Crippen LogP contribution in [0.15, 0.2) is 58.1 Å². The lowest BCUT2D eigenvalue weighted by atomic mass is 10.1. The van der Waals surface area contributed by atoms with E-state index in [1.54, 1.807) is 0 Å². The van der Waals surface area contributed by atoms with Crippen LogP contribution in [0.4, 0.5) is 5.69 Å². The summed E-state index contributed by atoms with van der Waals surface area (Å²) in [6.45, 7) is 8.14. The minimum absolute atomic E-state index is 0.259. The SMILES string of the molecule is CCN(CC)c1ccc(/C=c2/sc3nc(=O)c(Cc4ccc(C)cc4)nn3c2=O)cc1. The lowest BCUT2D eigenvalue weighted by Crippen LogP contribution is -2.28. The van der Waals surface area contributed by atoms with Crippen molar-refractivity contribution in [2.75, 3.05) is 18.0 Å². The summed E-state index contributed by atoms with van der Waals surface area (Å²) in [5.41, 5.74) is 3.79. The summed E-state index contributed by atoms with van der Waals surface area (Å²) in [6, 6.07) is 16.0. The molecule has 6 nitrogen and oxygen atoms in total. The minimum atomic E-state index is -0.392. The molecule has 0 fully saturated rings. The zero-order valence-electron chi connectivity index (χ0n) is 17.8. The van der Waals surface area contributed by atoms with E-state index in [0.29, 0.717) is 15.9 Å². The summed E-state index contributed by atoms with van der Waals surface area (Å²) < 4.78 is 1.74. The van der Waals surface area contributed by atoms with Gasteiger partial charge in [-0.3, -0.25) is 9.59 Å². The highest BCUT2D eigenvalue weighted by molar-refractivity contribution is 7.15. The Balaban J connectivity index is 1.70. The number of fused-ring (bicyclic) bond motifs is 1. The number of nitrogens with zero attached hydrogens (tertiary/aromatic N) is 4. The first-order valence-electron chi connectivity index (χ1n) is 10.3. The van der Waals surface area contributed by atoms with Crippen molar-refractivity contribution < 1.29 is 0 Å². The van der Waals surface area contributed by atoms with Crippen molar-refractivity contribution in [1.82, 2.24) is 14.6 Å². The molecule has 7 heteroatoms. The van der Waals surface area contributed by atoms with Gasteiger partial charge in [-0.2, -0.15) is 14.6 Å². The molecule has 0 aliphatic carbocycles. The van der Waals surface area contributed by atoms with Crippen LogP contribution >= 0.6 is 11.3 Å². The molecule has 0 aliphatic rings. The second-order valence-corrected chi connectivity index (χ2v) is 8.41. The quantitative estimate of drug-likeness (QED) is 0.469. The molecule has 2 aromatic carbocycles. The first kappa shape index (κ1) is 20.9. The summed E-state index contributed by atoms with van der Waals surface area (Å²) >= 11 is 1.18. The zero-order chi connectivity index (χ0) is 22.0. The molecule has 4 aromatic rings. The van der Waals surface area contributed by atoms with E-state index >= 15 is 0 Å². The van der Waals surface area contributed by atoms with Gasteiger partial charge in [0.05, 0.1) is 4.53 Å². The predicted octanol–water partition coefficient (Wildman–Crippen LogP) is 2.80. The molecule has 158 valence electrons. The van der Waals surface area contributed by atoms with Gasteiger partial charge in [-0.25, -0.2) is 0 Å². The molecule has 31 heavy (non-hydrogen) atoms. The largest absolute Gasteiger partial charge is 0.372 e. The van der Waals surface area contributed by atoms with Crippen LogP contribution in [-0.2, 0) is 6.42 Å². The Hall–Kier alpha value is -3.32. The van der Waals surface area contributed by atoms with Crippen molar-refractivity contribution in [3.8, 4) is 0 Å². The van der Waals surface area contributed by atoms with Crippen LogP contribution < -0.4 is 20.6 Å². The number of thiazole rings is 1. The van der Waals surface area contributed by atoms with Crippen molar-refractivity contribution in [1.29, 1.82) is 0 Å².